The van der Waals surface area contributed by atoms with Gasteiger partial charge in [-0.05, 0) is 23.9 Å². The Labute approximate surface area is 159 Å². The van der Waals surface area contributed by atoms with Crippen molar-refractivity contribution in [2.45, 2.75) is 19.3 Å². The first-order chi connectivity index (χ1) is 12.7. The molecule has 0 atom stereocenters. The number of thiophene rings is 1. The molecule has 1 saturated heterocycles. The summed E-state index contributed by atoms with van der Waals surface area (Å²) < 4.78 is 0. The molecule has 3 aromatic rings. The second-order valence-electron chi connectivity index (χ2n) is 6.02. The number of aromatic nitrogens is 1. The number of hydrogen-bond acceptors (Lipinski definition) is 5. The van der Waals surface area contributed by atoms with Crippen LogP contribution in [0.4, 0.5) is 10.8 Å². The van der Waals surface area contributed by atoms with Gasteiger partial charge in [0.15, 0.2) is 5.13 Å². The summed E-state index contributed by atoms with van der Waals surface area (Å²) in [5.41, 5.74) is 2.50. The average Bonchev–Trinajstić information content (AvgIpc) is 3.37. The van der Waals surface area contributed by atoms with Crippen LogP contribution < -0.4 is 10.2 Å². The summed E-state index contributed by atoms with van der Waals surface area (Å²) in [6, 6.07) is 11.8. The number of carbonyl (C=O) groups is 2. The monoisotopic (exact) mass is 383 g/mol. The molecule has 0 bridgehead atoms. The maximum atomic E-state index is 12.5. The van der Waals surface area contributed by atoms with E-state index in [4.69, 9.17) is 0 Å². The minimum atomic E-state index is -0.112. The van der Waals surface area contributed by atoms with Gasteiger partial charge in [0.25, 0.3) is 0 Å². The predicted octanol–water partition coefficient (Wildman–Crippen LogP) is 4.18. The van der Waals surface area contributed by atoms with Crippen LogP contribution in [0.1, 0.15) is 18.5 Å². The van der Waals surface area contributed by atoms with Crippen molar-refractivity contribution >= 4 is 45.3 Å². The van der Waals surface area contributed by atoms with E-state index in [0.29, 0.717) is 23.8 Å². The quantitative estimate of drug-likeness (QED) is 0.719. The Kier molecular flexibility index (Phi) is 4.81. The number of nitrogens with zero attached hydrogens (tertiary/aromatic N) is 2. The lowest BCUT2D eigenvalue weighted by Crippen LogP contribution is -2.23. The molecule has 4 rings (SSSR count). The van der Waals surface area contributed by atoms with Crippen LogP contribution in [0.25, 0.3) is 10.4 Å². The SMILES string of the molecule is O=C(Cc1csc(N2CCCC2=O)n1)Nc1ccccc1-c1cccs1. The van der Waals surface area contributed by atoms with Crippen molar-refractivity contribution in [2.24, 2.45) is 0 Å². The van der Waals surface area contributed by atoms with Crippen molar-refractivity contribution in [3.63, 3.8) is 0 Å². The summed E-state index contributed by atoms with van der Waals surface area (Å²) in [7, 11) is 0. The molecule has 1 aliphatic heterocycles. The fourth-order valence-electron chi connectivity index (χ4n) is 2.95. The van der Waals surface area contributed by atoms with Crippen LogP contribution in [-0.4, -0.2) is 23.3 Å². The second-order valence-corrected chi connectivity index (χ2v) is 7.80. The Hall–Kier alpha value is -2.51. The van der Waals surface area contributed by atoms with E-state index in [2.05, 4.69) is 10.3 Å². The van der Waals surface area contributed by atoms with Crippen molar-refractivity contribution in [1.29, 1.82) is 0 Å². The largest absolute Gasteiger partial charge is 0.325 e. The third-order valence-electron chi connectivity index (χ3n) is 4.17. The van der Waals surface area contributed by atoms with Crippen LogP contribution in [-0.2, 0) is 16.0 Å². The van der Waals surface area contributed by atoms with E-state index < -0.39 is 0 Å². The molecule has 1 fully saturated rings. The number of thiazole rings is 1. The number of para-hydroxylation sites is 1. The van der Waals surface area contributed by atoms with Gasteiger partial charge in [0.1, 0.15) is 0 Å². The molecule has 0 spiro atoms. The van der Waals surface area contributed by atoms with E-state index in [1.165, 1.54) is 11.3 Å². The number of rotatable bonds is 5. The van der Waals surface area contributed by atoms with Gasteiger partial charge in [-0.2, -0.15) is 0 Å². The molecule has 0 radical (unpaired) electrons. The molecular formula is C19H17N3O2S2. The number of hydrogen-bond donors (Lipinski definition) is 1. The van der Waals surface area contributed by atoms with Crippen molar-refractivity contribution in [1.82, 2.24) is 4.98 Å². The fourth-order valence-corrected chi connectivity index (χ4v) is 4.58. The van der Waals surface area contributed by atoms with Gasteiger partial charge in [0.2, 0.25) is 11.8 Å². The maximum Gasteiger partial charge on any atom is 0.230 e. The summed E-state index contributed by atoms with van der Waals surface area (Å²) in [6.07, 6.45) is 1.64. The van der Waals surface area contributed by atoms with Gasteiger partial charge in [-0.3, -0.25) is 14.5 Å². The number of nitrogens with one attached hydrogen (secondary N) is 1. The molecule has 26 heavy (non-hydrogen) atoms. The molecule has 2 aromatic heterocycles. The summed E-state index contributed by atoms with van der Waals surface area (Å²) in [6.45, 7) is 0.714. The first kappa shape index (κ1) is 16.9. The van der Waals surface area contributed by atoms with Gasteiger partial charge >= 0.3 is 0 Å². The highest BCUT2D eigenvalue weighted by molar-refractivity contribution is 7.14. The third kappa shape index (κ3) is 3.54. The molecule has 0 aliphatic carbocycles. The Morgan fingerprint density at radius 3 is 2.85 bits per heavy atom. The summed E-state index contributed by atoms with van der Waals surface area (Å²) in [4.78, 5) is 31.6. The smallest absolute Gasteiger partial charge is 0.230 e. The molecule has 2 amide bonds. The van der Waals surface area contributed by atoms with Crippen molar-refractivity contribution in [3.8, 4) is 10.4 Å². The molecule has 1 aromatic carbocycles. The molecule has 0 unspecified atom stereocenters. The minimum Gasteiger partial charge on any atom is -0.325 e. The lowest BCUT2D eigenvalue weighted by molar-refractivity contribution is -0.117. The molecule has 132 valence electrons. The minimum absolute atomic E-state index is 0.111. The first-order valence-electron chi connectivity index (χ1n) is 8.38. The molecule has 1 aliphatic rings. The zero-order valence-electron chi connectivity index (χ0n) is 14.0. The normalized spacial score (nSPS) is 14.0. The van der Waals surface area contributed by atoms with Gasteiger partial charge in [-0.25, -0.2) is 4.98 Å². The van der Waals surface area contributed by atoms with E-state index in [1.54, 1.807) is 16.2 Å². The maximum absolute atomic E-state index is 12.5. The molecule has 1 N–H and O–H groups in total. The van der Waals surface area contributed by atoms with Gasteiger partial charge in [-0.1, -0.05) is 24.3 Å². The zero-order chi connectivity index (χ0) is 17.9. The highest BCUT2D eigenvalue weighted by atomic mass is 32.1. The summed E-state index contributed by atoms with van der Waals surface area (Å²) >= 11 is 3.06. The predicted molar refractivity (Wildman–Crippen MR) is 106 cm³/mol. The molecule has 0 saturated carbocycles. The first-order valence-corrected chi connectivity index (χ1v) is 10.1. The van der Waals surface area contributed by atoms with Gasteiger partial charge < -0.3 is 5.32 Å². The molecule has 7 heteroatoms. The van der Waals surface area contributed by atoms with Crippen molar-refractivity contribution in [3.05, 3.63) is 52.9 Å². The highest BCUT2D eigenvalue weighted by Gasteiger charge is 2.24. The van der Waals surface area contributed by atoms with E-state index in [0.717, 1.165) is 22.5 Å². The van der Waals surface area contributed by atoms with Gasteiger partial charge in [-0.15, -0.1) is 22.7 Å². The van der Waals surface area contributed by atoms with Crippen LogP contribution in [0, 0.1) is 0 Å². The van der Waals surface area contributed by atoms with E-state index in [9.17, 15) is 9.59 Å². The van der Waals surface area contributed by atoms with Crippen LogP contribution in [0.15, 0.2) is 47.2 Å². The third-order valence-corrected chi connectivity index (χ3v) is 5.99. The van der Waals surface area contributed by atoms with Crippen LogP contribution in [0.3, 0.4) is 0 Å². The molecular weight excluding hydrogens is 366 g/mol. The Bertz CT molecular complexity index is 934. The van der Waals surface area contributed by atoms with Crippen LogP contribution in [0.5, 0.6) is 0 Å². The van der Waals surface area contributed by atoms with E-state index in [-0.39, 0.29) is 18.2 Å². The topological polar surface area (TPSA) is 62.3 Å². The van der Waals surface area contributed by atoms with Gasteiger partial charge in [0, 0.05) is 34.5 Å². The van der Waals surface area contributed by atoms with Crippen LogP contribution in [0.2, 0.25) is 0 Å². The van der Waals surface area contributed by atoms with Crippen LogP contribution >= 0.6 is 22.7 Å². The standard InChI is InChI=1S/C19H17N3O2S2/c23-17(11-13-12-26-19(20-13)22-9-3-8-18(22)24)21-15-6-2-1-5-14(15)16-7-4-10-25-16/h1-2,4-7,10,12H,3,8-9,11H2,(H,21,23). The average molecular weight is 383 g/mol. The summed E-state index contributed by atoms with van der Waals surface area (Å²) in [5.74, 6) is -0.00108. The summed E-state index contributed by atoms with van der Waals surface area (Å²) in [5, 5.41) is 7.55. The molecule has 3 heterocycles. The Morgan fingerprint density at radius 1 is 1.19 bits per heavy atom. The van der Waals surface area contributed by atoms with Crippen molar-refractivity contribution < 1.29 is 9.59 Å². The Balaban J connectivity index is 1.45. The number of carbonyl (C=O) groups excluding carboxylic acids is 2. The Morgan fingerprint density at radius 2 is 2.08 bits per heavy atom. The number of benzene rings is 1. The van der Waals surface area contributed by atoms with E-state index >= 15 is 0 Å². The lowest BCUT2D eigenvalue weighted by atomic mass is 10.1. The number of amides is 2. The fraction of sp³-hybridized carbons (Fsp3) is 0.211. The highest BCUT2D eigenvalue weighted by Crippen LogP contribution is 2.31. The van der Waals surface area contributed by atoms with Gasteiger partial charge in [0.05, 0.1) is 12.1 Å². The second kappa shape index (κ2) is 7.39. The zero-order valence-corrected chi connectivity index (χ0v) is 15.6. The lowest BCUT2D eigenvalue weighted by Gasteiger charge is -2.10. The molecule has 5 nitrogen and oxygen atoms in total. The van der Waals surface area contributed by atoms with Crippen molar-refractivity contribution in [2.75, 3.05) is 16.8 Å². The van der Waals surface area contributed by atoms with E-state index in [1.807, 2.05) is 47.2 Å². The number of anilines is 2.